The summed E-state index contributed by atoms with van der Waals surface area (Å²) >= 11 is 0. The van der Waals surface area contributed by atoms with Gasteiger partial charge in [-0.05, 0) is 43.5 Å². The Labute approximate surface area is 138 Å². The maximum atomic E-state index is 12.6. The van der Waals surface area contributed by atoms with E-state index in [1.54, 1.807) is 0 Å². The van der Waals surface area contributed by atoms with E-state index in [2.05, 4.69) is 34.5 Å². The van der Waals surface area contributed by atoms with Crippen LogP contribution < -0.4 is 5.32 Å². The van der Waals surface area contributed by atoms with Gasteiger partial charge in [-0.25, -0.2) is 0 Å². The molecule has 3 nitrogen and oxygen atoms in total. The van der Waals surface area contributed by atoms with Crippen LogP contribution in [0, 0.1) is 19.8 Å². The van der Waals surface area contributed by atoms with E-state index in [-0.39, 0.29) is 11.8 Å². The van der Waals surface area contributed by atoms with Gasteiger partial charge < -0.3 is 5.32 Å². The minimum absolute atomic E-state index is 0.0812. The molecule has 1 atom stereocenters. The Balaban J connectivity index is 1.59. The van der Waals surface area contributed by atoms with Crippen LogP contribution in [0.25, 0.3) is 0 Å². The average Bonchev–Trinajstić information content (AvgIpc) is 3.00. The maximum absolute atomic E-state index is 12.6. The Bertz CT molecular complexity index is 661. The molecule has 0 spiro atoms. The standard InChI is InChI=1S/C20H24N2O/c1-15-7-6-8-16(2)19(15)21-20(23)18-11-12-22(14-18)13-17-9-4-3-5-10-17/h3-10,18H,11-14H2,1-2H3,(H,21,23)/t18-/m0/s1. The lowest BCUT2D eigenvalue weighted by atomic mass is 10.1. The second-order valence-electron chi connectivity index (χ2n) is 6.46. The summed E-state index contributed by atoms with van der Waals surface area (Å²) in [6.45, 7) is 6.83. The topological polar surface area (TPSA) is 32.3 Å². The molecule has 2 aromatic rings. The number of hydrogen-bond donors (Lipinski definition) is 1. The zero-order valence-electron chi connectivity index (χ0n) is 13.9. The largest absolute Gasteiger partial charge is 0.325 e. The van der Waals surface area contributed by atoms with Crippen LogP contribution >= 0.6 is 0 Å². The number of hydrogen-bond acceptors (Lipinski definition) is 2. The second-order valence-corrected chi connectivity index (χ2v) is 6.46. The lowest BCUT2D eigenvalue weighted by Crippen LogP contribution is -2.27. The Hall–Kier alpha value is -2.13. The molecule has 2 aromatic carbocycles. The van der Waals surface area contributed by atoms with Crippen LogP contribution in [0.5, 0.6) is 0 Å². The molecule has 1 heterocycles. The molecular formula is C20H24N2O. The molecule has 1 aliphatic heterocycles. The Morgan fingerprint density at radius 1 is 1.09 bits per heavy atom. The number of nitrogens with one attached hydrogen (secondary N) is 1. The summed E-state index contributed by atoms with van der Waals surface area (Å²) in [5.41, 5.74) is 4.53. The van der Waals surface area contributed by atoms with Crippen molar-refractivity contribution in [3.8, 4) is 0 Å². The van der Waals surface area contributed by atoms with Crippen LogP contribution in [-0.4, -0.2) is 23.9 Å². The maximum Gasteiger partial charge on any atom is 0.228 e. The summed E-state index contributed by atoms with van der Waals surface area (Å²) in [4.78, 5) is 14.9. The van der Waals surface area contributed by atoms with Gasteiger partial charge in [0.15, 0.2) is 0 Å². The highest BCUT2D eigenvalue weighted by atomic mass is 16.1. The van der Waals surface area contributed by atoms with Crippen LogP contribution in [0.1, 0.15) is 23.1 Å². The van der Waals surface area contributed by atoms with E-state index in [0.717, 1.165) is 42.9 Å². The first kappa shape index (κ1) is 15.8. The third-order valence-electron chi connectivity index (χ3n) is 4.62. The van der Waals surface area contributed by atoms with Crippen molar-refractivity contribution in [2.24, 2.45) is 5.92 Å². The van der Waals surface area contributed by atoms with E-state index in [0.29, 0.717) is 0 Å². The molecule has 0 aliphatic carbocycles. The van der Waals surface area contributed by atoms with Crippen molar-refractivity contribution in [1.29, 1.82) is 0 Å². The minimum Gasteiger partial charge on any atom is -0.325 e. The molecule has 1 aliphatic rings. The van der Waals surface area contributed by atoms with E-state index in [9.17, 15) is 4.79 Å². The quantitative estimate of drug-likeness (QED) is 0.932. The number of rotatable bonds is 4. The first-order valence-electron chi connectivity index (χ1n) is 8.27. The van der Waals surface area contributed by atoms with Crippen LogP contribution in [0.4, 0.5) is 5.69 Å². The SMILES string of the molecule is Cc1cccc(C)c1NC(=O)[C@H]1CCN(Cc2ccccc2)C1. The zero-order valence-corrected chi connectivity index (χ0v) is 13.9. The molecule has 3 heteroatoms. The van der Waals surface area contributed by atoms with E-state index in [4.69, 9.17) is 0 Å². The highest BCUT2D eigenvalue weighted by Gasteiger charge is 2.28. The van der Waals surface area contributed by atoms with Crippen molar-refractivity contribution in [3.63, 3.8) is 0 Å². The third kappa shape index (κ3) is 3.80. The third-order valence-corrected chi connectivity index (χ3v) is 4.62. The van der Waals surface area contributed by atoms with E-state index in [1.165, 1.54) is 5.56 Å². The average molecular weight is 308 g/mol. The van der Waals surface area contributed by atoms with Gasteiger partial charge in [0.2, 0.25) is 5.91 Å². The van der Waals surface area contributed by atoms with Crippen LogP contribution in [0.2, 0.25) is 0 Å². The summed E-state index contributed by atoms with van der Waals surface area (Å²) in [5, 5.41) is 3.14. The van der Waals surface area contributed by atoms with E-state index >= 15 is 0 Å². The van der Waals surface area contributed by atoms with Crippen molar-refractivity contribution in [1.82, 2.24) is 4.90 Å². The van der Waals surface area contributed by atoms with Crippen molar-refractivity contribution < 1.29 is 4.79 Å². The number of likely N-dealkylation sites (tertiary alicyclic amines) is 1. The predicted molar refractivity (Wildman–Crippen MR) is 94.4 cm³/mol. The number of carbonyl (C=O) groups is 1. The van der Waals surface area contributed by atoms with Crippen molar-refractivity contribution >= 4 is 11.6 Å². The predicted octanol–water partition coefficient (Wildman–Crippen LogP) is 3.76. The van der Waals surface area contributed by atoms with Crippen molar-refractivity contribution in [2.45, 2.75) is 26.8 Å². The molecule has 0 unspecified atom stereocenters. The molecule has 0 saturated carbocycles. The van der Waals surface area contributed by atoms with Crippen LogP contribution in [0.15, 0.2) is 48.5 Å². The Morgan fingerprint density at radius 2 is 1.78 bits per heavy atom. The van der Waals surface area contributed by atoms with Gasteiger partial charge in [0, 0.05) is 18.8 Å². The number of aryl methyl sites for hydroxylation is 2. The lowest BCUT2D eigenvalue weighted by Gasteiger charge is -2.17. The molecule has 1 amide bonds. The second kappa shape index (κ2) is 6.97. The van der Waals surface area contributed by atoms with Gasteiger partial charge >= 0.3 is 0 Å². The van der Waals surface area contributed by atoms with Crippen molar-refractivity contribution in [2.75, 3.05) is 18.4 Å². The first-order chi connectivity index (χ1) is 11.1. The molecule has 23 heavy (non-hydrogen) atoms. The van der Waals surface area contributed by atoms with E-state index < -0.39 is 0 Å². The highest BCUT2D eigenvalue weighted by molar-refractivity contribution is 5.94. The number of carbonyl (C=O) groups excluding carboxylic acids is 1. The number of nitrogens with zero attached hydrogens (tertiary/aromatic N) is 1. The van der Waals surface area contributed by atoms with Gasteiger partial charge in [-0.1, -0.05) is 48.5 Å². The molecular weight excluding hydrogens is 284 g/mol. The van der Waals surface area contributed by atoms with Crippen molar-refractivity contribution in [3.05, 3.63) is 65.2 Å². The number of para-hydroxylation sites is 1. The number of amides is 1. The lowest BCUT2D eigenvalue weighted by molar-refractivity contribution is -0.119. The monoisotopic (exact) mass is 308 g/mol. The van der Waals surface area contributed by atoms with E-state index in [1.807, 2.05) is 38.1 Å². The molecule has 0 bridgehead atoms. The number of anilines is 1. The fourth-order valence-electron chi connectivity index (χ4n) is 3.27. The van der Waals surface area contributed by atoms with Crippen LogP contribution in [0.3, 0.4) is 0 Å². The first-order valence-corrected chi connectivity index (χ1v) is 8.27. The molecule has 1 N–H and O–H groups in total. The summed E-state index contributed by atoms with van der Waals surface area (Å²) in [5.74, 6) is 0.232. The minimum atomic E-state index is 0.0812. The fourth-order valence-corrected chi connectivity index (χ4v) is 3.27. The van der Waals surface area contributed by atoms with Gasteiger partial charge in [-0.3, -0.25) is 9.69 Å². The van der Waals surface area contributed by atoms with Gasteiger partial charge in [-0.2, -0.15) is 0 Å². The summed E-state index contributed by atoms with van der Waals surface area (Å²) in [6, 6.07) is 16.6. The molecule has 3 rings (SSSR count). The van der Waals surface area contributed by atoms with Gasteiger partial charge in [0.25, 0.3) is 0 Å². The highest BCUT2D eigenvalue weighted by Crippen LogP contribution is 2.24. The van der Waals surface area contributed by atoms with Gasteiger partial charge in [0.1, 0.15) is 0 Å². The molecule has 0 radical (unpaired) electrons. The summed E-state index contributed by atoms with van der Waals surface area (Å²) < 4.78 is 0. The molecule has 0 aromatic heterocycles. The Kier molecular flexibility index (Phi) is 4.77. The summed E-state index contributed by atoms with van der Waals surface area (Å²) in [6.07, 6.45) is 0.934. The molecule has 1 saturated heterocycles. The normalized spacial score (nSPS) is 18.1. The van der Waals surface area contributed by atoms with Crippen LogP contribution in [-0.2, 0) is 11.3 Å². The Morgan fingerprint density at radius 3 is 2.48 bits per heavy atom. The summed E-state index contributed by atoms with van der Waals surface area (Å²) in [7, 11) is 0. The van der Waals surface area contributed by atoms with Gasteiger partial charge in [-0.15, -0.1) is 0 Å². The zero-order chi connectivity index (χ0) is 16.2. The molecule has 120 valence electrons. The smallest absolute Gasteiger partial charge is 0.228 e. The molecule has 1 fully saturated rings. The van der Waals surface area contributed by atoms with Gasteiger partial charge in [0.05, 0.1) is 5.92 Å². The fraction of sp³-hybridized carbons (Fsp3) is 0.350. The number of benzene rings is 2.